The molecule has 0 radical (unpaired) electrons. The third-order valence-electron chi connectivity index (χ3n) is 5.15. The Kier molecular flexibility index (Phi) is 9.46. The van der Waals surface area contributed by atoms with Gasteiger partial charge < -0.3 is 10.4 Å². The van der Waals surface area contributed by atoms with Gasteiger partial charge in [-0.05, 0) is 34.4 Å². The van der Waals surface area contributed by atoms with E-state index in [0.717, 1.165) is 43.7 Å². The molecule has 1 aromatic rings. The summed E-state index contributed by atoms with van der Waals surface area (Å²) >= 11 is 0. The van der Waals surface area contributed by atoms with Crippen LogP contribution >= 0.6 is 24.8 Å². The Morgan fingerprint density at radius 2 is 1.54 bits per heavy atom. The number of nitrogens with zero attached hydrogens (tertiary/aromatic N) is 1. The molecule has 1 aliphatic heterocycles. The van der Waals surface area contributed by atoms with Gasteiger partial charge in [-0.25, -0.2) is 0 Å². The monoisotopic (exact) mass is 404 g/mol. The molecule has 0 unspecified atom stereocenters. The Hall–Kier alpha value is -0.480. The number of hydrogen-bond acceptors (Lipinski definition) is 3. The summed E-state index contributed by atoms with van der Waals surface area (Å²) in [4.78, 5) is 2.52. The Bertz CT molecular complexity index is 571. The van der Waals surface area contributed by atoms with Crippen LogP contribution in [-0.4, -0.2) is 36.2 Å². The van der Waals surface area contributed by atoms with Gasteiger partial charge in [0, 0.05) is 37.8 Å². The molecule has 26 heavy (non-hydrogen) atoms. The van der Waals surface area contributed by atoms with Crippen molar-refractivity contribution >= 4 is 24.8 Å². The Morgan fingerprint density at radius 1 is 1.00 bits per heavy atom. The summed E-state index contributed by atoms with van der Waals surface area (Å²) in [5.74, 6) is 0.501. The molecule has 0 amide bonds. The molecule has 0 aromatic heterocycles. The minimum atomic E-state index is -0.0676. The molecule has 0 aliphatic carbocycles. The molecule has 0 saturated carbocycles. The lowest BCUT2D eigenvalue weighted by molar-refractivity contribution is 0.166. The normalized spacial score (nSPS) is 17.2. The Balaban J connectivity index is 0.00000312. The third kappa shape index (κ3) is 5.76. The lowest BCUT2D eigenvalue weighted by atomic mass is 9.77. The van der Waals surface area contributed by atoms with E-state index in [-0.39, 0.29) is 41.7 Å². The molecule has 1 atom stereocenters. The van der Waals surface area contributed by atoms with E-state index in [4.69, 9.17) is 0 Å². The highest BCUT2D eigenvalue weighted by molar-refractivity contribution is 5.85. The number of phenolic OH excluding ortho intramolecular Hbond substituents is 1. The second-order valence-electron chi connectivity index (χ2n) is 9.17. The summed E-state index contributed by atoms with van der Waals surface area (Å²) < 4.78 is 0. The first-order chi connectivity index (χ1) is 11.1. The second-order valence-corrected chi connectivity index (χ2v) is 9.17. The van der Waals surface area contributed by atoms with E-state index in [1.165, 1.54) is 5.56 Å². The molecule has 1 heterocycles. The summed E-state index contributed by atoms with van der Waals surface area (Å²) in [6.45, 7) is 19.7. The first-order valence-corrected chi connectivity index (χ1v) is 9.38. The van der Waals surface area contributed by atoms with Gasteiger partial charge in [0.1, 0.15) is 5.75 Å². The maximum Gasteiger partial charge on any atom is 0.124 e. The predicted molar refractivity (Wildman–Crippen MR) is 117 cm³/mol. The van der Waals surface area contributed by atoms with Crippen molar-refractivity contribution in [1.82, 2.24) is 10.2 Å². The SMILES string of the molecule is CC[C@@H](c1cc(C(C)(C)C)cc(C(C)(C)C)c1O)N1CCNCC1.Cl.Cl. The summed E-state index contributed by atoms with van der Waals surface area (Å²) in [6, 6.07) is 4.75. The molecule has 0 spiro atoms. The van der Waals surface area contributed by atoms with E-state index in [1.54, 1.807) is 0 Å². The van der Waals surface area contributed by atoms with E-state index in [0.29, 0.717) is 5.75 Å². The van der Waals surface area contributed by atoms with E-state index in [9.17, 15) is 5.11 Å². The zero-order valence-corrected chi connectivity index (χ0v) is 19.1. The minimum Gasteiger partial charge on any atom is -0.507 e. The molecule has 2 rings (SSSR count). The topological polar surface area (TPSA) is 35.5 Å². The smallest absolute Gasteiger partial charge is 0.124 e. The number of halogens is 2. The number of phenols is 1. The van der Waals surface area contributed by atoms with Crippen molar-refractivity contribution in [3.8, 4) is 5.75 Å². The number of piperazine rings is 1. The number of benzene rings is 1. The average molecular weight is 405 g/mol. The summed E-state index contributed by atoms with van der Waals surface area (Å²) in [6.07, 6.45) is 1.02. The van der Waals surface area contributed by atoms with Crippen LogP contribution in [0.3, 0.4) is 0 Å². The molecule has 5 heteroatoms. The van der Waals surface area contributed by atoms with Crippen LogP contribution in [0.1, 0.15) is 77.6 Å². The van der Waals surface area contributed by atoms with Crippen LogP contribution in [0.2, 0.25) is 0 Å². The van der Waals surface area contributed by atoms with Gasteiger partial charge in [0.2, 0.25) is 0 Å². The van der Waals surface area contributed by atoms with Gasteiger partial charge in [0.25, 0.3) is 0 Å². The third-order valence-corrected chi connectivity index (χ3v) is 5.15. The maximum atomic E-state index is 11.1. The van der Waals surface area contributed by atoms with E-state index >= 15 is 0 Å². The number of hydrogen-bond donors (Lipinski definition) is 2. The minimum absolute atomic E-state index is 0. The number of rotatable bonds is 3. The molecule has 1 aliphatic rings. The van der Waals surface area contributed by atoms with Gasteiger partial charge in [-0.15, -0.1) is 24.8 Å². The molecule has 2 N–H and O–H groups in total. The van der Waals surface area contributed by atoms with Gasteiger partial charge in [0.15, 0.2) is 0 Å². The fourth-order valence-electron chi connectivity index (χ4n) is 3.58. The van der Waals surface area contributed by atoms with Crippen LogP contribution in [0.4, 0.5) is 0 Å². The molecular weight excluding hydrogens is 367 g/mol. The zero-order chi connectivity index (χ0) is 18.1. The van der Waals surface area contributed by atoms with Crippen molar-refractivity contribution in [1.29, 1.82) is 0 Å². The highest BCUT2D eigenvalue weighted by Gasteiger charge is 2.29. The first kappa shape index (κ1) is 25.5. The lowest BCUT2D eigenvalue weighted by Crippen LogP contribution is -2.45. The predicted octanol–water partition coefficient (Wildman–Crippen LogP) is 5.19. The van der Waals surface area contributed by atoms with E-state index in [2.05, 4.69) is 70.8 Å². The highest BCUT2D eigenvalue weighted by atomic mass is 35.5. The van der Waals surface area contributed by atoms with Gasteiger partial charge in [-0.1, -0.05) is 54.5 Å². The molecule has 152 valence electrons. The van der Waals surface area contributed by atoms with Crippen LogP contribution in [0.5, 0.6) is 5.75 Å². The van der Waals surface area contributed by atoms with Crippen molar-refractivity contribution in [3.05, 3.63) is 28.8 Å². The molecule has 1 aromatic carbocycles. The Morgan fingerprint density at radius 3 is 1.96 bits per heavy atom. The largest absolute Gasteiger partial charge is 0.507 e. The first-order valence-electron chi connectivity index (χ1n) is 9.38. The summed E-state index contributed by atoms with van der Waals surface area (Å²) in [5.41, 5.74) is 3.50. The average Bonchev–Trinajstić information content (AvgIpc) is 2.48. The quantitative estimate of drug-likeness (QED) is 0.727. The van der Waals surface area contributed by atoms with Gasteiger partial charge >= 0.3 is 0 Å². The van der Waals surface area contributed by atoms with Crippen molar-refractivity contribution in [2.45, 2.75) is 71.8 Å². The van der Waals surface area contributed by atoms with Crippen LogP contribution in [0, 0.1) is 0 Å². The maximum absolute atomic E-state index is 11.1. The fraction of sp³-hybridized carbons (Fsp3) is 0.714. The van der Waals surface area contributed by atoms with Crippen molar-refractivity contribution in [2.75, 3.05) is 26.2 Å². The fourth-order valence-corrected chi connectivity index (χ4v) is 3.58. The van der Waals surface area contributed by atoms with Crippen LogP contribution < -0.4 is 5.32 Å². The Labute approximate surface area is 172 Å². The van der Waals surface area contributed by atoms with Crippen LogP contribution in [0.15, 0.2) is 12.1 Å². The van der Waals surface area contributed by atoms with Gasteiger partial charge in [0.05, 0.1) is 0 Å². The van der Waals surface area contributed by atoms with E-state index < -0.39 is 0 Å². The molecular formula is C21H38Cl2N2O. The van der Waals surface area contributed by atoms with Crippen LogP contribution in [-0.2, 0) is 10.8 Å². The molecule has 3 nitrogen and oxygen atoms in total. The summed E-state index contributed by atoms with van der Waals surface area (Å²) in [5, 5.41) is 14.5. The zero-order valence-electron chi connectivity index (χ0n) is 17.5. The summed E-state index contributed by atoms with van der Waals surface area (Å²) in [7, 11) is 0. The van der Waals surface area contributed by atoms with E-state index in [1.807, 2.05) is 0 Å². The lowest BCUT2D eigenvalue weighted by Gasteiger charge is -2.37. The van der Waals surface area contributed by atoms with Gasteiger partial charge in [-0.2, -0.15) is 0 Å². The standard InChI is InChI=1S/C21H36N2O.2ClH/c1-8-18(23-11-9-22-10-12-23)16-13-15(20(2,3)4)14-17(19(16)24)21(5,6)7;;/h13-14,18,22,24H,8-12H2,1-7H3;2*1H/t18-;;/m0../s1. The molecule has 0 bridgehead atoms. The van der Waals surface area contributed by atoms with Crippen molar-refractivity contribution < 1.29 is 5.11 Å². The second kappa shape index (κ2) is 9.64. The van der Waals surface area contributed by atoms with Crippen molar-refractivity contribution in [2.24, 2.45) is 0 Å². The molecule has 1 saturated heterocycles. The number of aromatic hydroxyl groups is 1. The van der Waals surface area contributed by atoms with Crippen LogP contribution in [0.25, 0.3) is 0 Å². The molecule has 1 fully saturated rings. The number of nitrogens with one attached hydrogen (secondary N) is 1. The van der Waals surface area contributed by atoms with Crippen molar-refractivity contribution in [3.63, 3.8) is 0 Å². The highest BCUT2D eigenvalue weighted by Crippen LogP contribution is 2.42. The van der Waals surface area contributed by atoms with Gasteiger partial charge in [-0.3, -0.25) is 4.90 Å².